The van der Waals surface area contributed by atoms with Gasteiger partial charge in [0.25, 0.3) is 0 Å². The molecule has 2 N–H and O–H groups in total. The van der Waals surface area contributed by atoms with Gasteiger partial charge < -0.3 is 10.1 Å². The standard InChI is InChI=1S/C22H24ClN5O2S2/c23-17-4-6-19(7-5-17)30-14-20-25-22(27-26-20)32-15-21(29)24-18-3-1-2-16(12-18)13-28-8-10-31-11-9-28/h1-7,12H,8-11,13-15H2,(H,24,29)(H,25,26,27). The first kappa shape index (κ1) is 23.0. The lowest BCUT2D eigenvalue weighted by molar-refractivity contribution is -0.113. The number of hydrogen-bond donors (Lipinski definition) is 2. The lowest BCUT2D eigenvalue weighted by Crippen LogP contribution is -2.31. The van der Waals surface area contributed by atoms with E-state index in [4.69, 9.17) is 16.3 Å². The van der Waals surface area contributed by atoms with Crippen LogP contribution in [0, 0.1) is 0 Å². The first-order chi connectivity index (χ1) is 15.6. The Morgan fingerprint density at radius 1 is 1.22 bits per heavy atom. The highest BCUT2D eigenvalue weighted by molar-refractivity contribution is 7.99. The molecule has 1 amide bonds. The molecule has 1 fully saturated rings. The number of thioether (sulfide) groups is 2. The Morgan fingerprint density at radius 2 is 2.03 bits per heavy atom. The molecule has 2 heterocycles. The van der Waals surface area contributed by atoms with E-state index in [1.54, 1.807) is 24.3 Å². The summed E-state index contributed by atoms with van der Waals surface area (Å²) in [6.45, 7) is 3.39. The molecule has 0 aliphatic carbocycles. The number of anilines is 1. The van der Waals surface area contributed by atoms with Gasteiger partial charge in [-0.25, -0.2) is 4.98 Å². The van der Waals surface area contributed by atoms with Crippen LogP contribution in [0.2, 0.25) is 5.02 Å². The summed E-state index contributed by atoms with van der Waals surface area (Å²) in [6, 6.07) is 15.2. The lowest BCUT2D eigenvalue weighted by Gasteiger charge is -2.26. The summed E-state index contributed by atoms with van der Waals surface area (Å²) in [4.78, 5) is 19.2. The number of aromatic nitrogens is 3. The number of carbonyl (C=O) groups excluding carboxylic acids is 1. The molecule has 0 spiro atoms. The zero-order valence-corrected chi connectivity index (χ0v) is 19.8. The Labute approximate surface area is 200 Å². The van der Waals surface area contributed by atoms with Crippen molar-refractivity contribution in [3.8, 4) is 5.75 Å². The average Bonchev–Trinajstić information content (AvgIpc) is 3.26. The van der Waals surface area contributed by atoms with Crippen LogP contribution in [0.3, 0.4) is 0 Å². The van der Waals surface area contributed by atoms with E-state index in [2.05, 4.69) is 31.5 Å². The molecule has 1 aliphatic heterocycles. The van der Waals surface area contributed by atoms with Crippen LogP contribution in [0.1, 0.15) is 11.4 Å². The molecular weight excluding hydrogens is 466 g/mol. The number of aromatic amines is 1. The lowest BCUT2D eigenvalue weighted by atomic mass is 10.2. The Kier molecular flexibility index (Phi) is 8.33. The summed E-state index contributed by atoms with van der Waals surface area (Å²) in [7, 11) is 0. The number of hydrogen-bond acceptors (Lipinski definition) is 7. The Bertz CT molecular complexity index is 1030. The fourth-order valence-electron chi connectivity index (χ4n) is 3.18. The maximum absolute atomic E-state index is 12.4. The molecule has 1 saturated heterocycles. The topological polar surface area (TPSA) is 83.1 Å². The highest BCUT2D eigenvalue weighted by Gasteiger charge is 2.12. The van der Waals surface area contributed by atoms with Gasteiger partial charge >= 0.3 is 0 Å². The molecule has 1 aliphatic rings. The van der Waals surface area contributed by atoms with E-state index >= 15 is 0 Å². The third kappa shape index (κ3) is 7.16. The van der Waals surface area contributed by atoms with Crippen molar-refractivity contribution in [3.05, 3.63) is 64.9 Å². The van der Waals surface area contributed by atoms with E-state index in [0.717, 1.165) is 25.3 Å². The number of H-pyrrole nitrogens is 1. The number of halogens is 1. The molecule has 0 radical (unpaired) electrons. The average molecular weight is 490 g/mol. The normalized spacial score (nSPS) is 14.3. The predicted molar refractivity (Wildman–Crippen MR) is 131 cm³/mol. The first-order valence-electron chi connectivity index (χ1n) is 10.3. The van der Waals surface area contributed by atoms with Crippen molar-refractivity contribution in [1.29, 1.82) is 0 Å². The van der Waals surface area contributed by atoms with Crippen molar-refractivity contribution in [2.75, 3.05) is 35.7 Å². The van der Waals surface area contributed by atoms with Gasteiger partial charge in [-0.05, 0) is 42.0 Å². The smallest absolute Gasteiger partial charge is 0.234 e. The number of benzene rings is 2. The number of rotatable bonds is 9. The highest BCUT2D eigenvalue weighted by Crippen LogP contribution is 2.19. The van der Waals surface area contributed by atoms with Gasteiger partial charge in [-0.3, -0.25) is 14.8 Å². The molecule has 0 saturated carbocycles. The number of nitrogens with one attached hydrogen (secondary N) is 2. The van der Waals surface area contributed by atoms with Gasteiger partial charge in [0.2, 0.25) is 11.1 Å². The first-order valence-corrected chi connectivity index (χ1v) is 12.8. The Hall–Kier alpha value is -2.20. The van der Waals surface area contributed by atoms with Crippen LogP contribution >= 0.6 is 35.1 Å². The largest absolute Gasteiger partial charge is 0.486 e. The molecule has 0 unspecified atom stereocenters. The third-order valence-corrected chi connectivity index (χ3v) is 6.80. The summed E-state index contributed by atoms with van der Waals surface area (Å²) >= 11 is 9.15. The molecular formula is C22H24ClN5O2S2. The van der Waals surface area contributed by atoms with Crippen molar-refractivity contribution in [1.82, 2.24) is 20.1 Å². The van der Waals surface area contributed by atoms with E-state index < -0.39 is 0 Å². The van der Waals surface area contributed by atoms with E-state index in [9.17, 15) is 4.79 Å². The van der Waals surface area contributed by atoms with Gasteiger partial charge in [0.1, 0.15) is 12.4 Å². The monoisotopic (exact) mass is 489 g/mol. The van der Waals surface area contributed by atoms with E-state index in [1.807, 2.05) is 30.0 Å². The zero-order valence-electron chi connectivity index (χ0n) is 17.4. The number of carbonyl (C=O) groups is 1. The van der Waals surface area contributed by atoms with Crippen molar-refractivity contribution in [2.45, 2.75) is 18.3 Å². The van der Waals surface area contributed by atoms with Crippen molar-refractivity contribution in [2.24, 2.45) is 0 Å². The van der Waals surface area contributed by atoms with Gasteiger partial charge in [-0.1, -0.05) is 35.5 Å². The predicted octanol–water partition coefficient (Wildman–Crippen LogP) is 4.32. The van der Waals surface area contributed by atoms with Crippen molar-refractivity contribution in [3.63, 3.8) is 0 Å². The van der Waals surface area contributed by atoms with Crippen LogP contribution in [0.15, 0.2) is 53.7 Å². The molecule has 2 aromatic carbocycles. The Balaban J connectivity index is 1.22. The van der Waals surface area contributed by atoms with Crippen LogP contribution in [-0.2, 0) is 17.9 Å². The quantitative estimate of drug-likeness (QED) is 0.433. The molecule has 32 heavy (non-hydrogen) atoms. The van der Waals surface area contributed by atoms with Crippen molar-refractivity contribution < 1.29 is 9.53 Å². The minimum atomic E-state index is -0.0923. The SMILES string of the molecule is O=C(CSc1n[nH]c(COc2ccc(Cl)cc2)n1)Nc1cccc(CN2CCSCC2)c1. The van der Waals surface area contributed by atoms with E-state index in [1.165, 1.54) is 28.8 Å². The molecule has 10 heteroatoms. The van der Waals surface area contributed by atoms with E-state index in [-0.39, 0.29) is 18.3 Å². The number of nitrogens with zero attached hydrogens (tertiary/aromatic N) is 3. The molecule has 7 nitrogen and oxygen atoms in total. The fraction of sp³-hybridized carbons (Fsp3) is 0.318. The summed E-state index contributed by atoms with van der Waals surface area (Å²) in [5, 5.41) is 11.1. The van der Waals surface area contributed by atoms with E-state index in [0.29, 0.717) is 21.8 Å². The number of ether oxygens (including phenoxy) is 1. The van der Waals surface area contributed by atoms with Gasteiger partial charge in [0.05, 0.1) is 5.75 Å². The zero-order chi connectivity index (χ0) is 22.2. The number of amides is 1. The third-order valence-electron chi connectivity index (χ3n) is 4.75. The second-order valence-corrected chi connectivity index (χ2v) is 9.84. The van der Waals surface area contributed by atoms with Gasteiger partial charge in [0.15, 0.2) is 5.82 Å². The molecule has 168 valence electrons. The fourth-order valence-corrected chi connectivity index (χ4v) is 4.90. The second kappa shape index (κ2) is 11.6. The van der Waals surface area contributed by atoms with Crippen LogP contribution < -0.4 is 10.1 Å². The highest BCUT2D eigenvalue weighted by atomic mass is 35.5. The van der Waals surface area contributed by atoms with Crippen molar-refractivity contribution >= 4 is 46.7 Å². The summed E-state index contributed by atoms with van der Waals surface area (Å²) in [5.74, 6) is 3.79. The molecule has 4 rings (SSSR count). The molecule has 1 aromatic heterocycles. The van der Waals surface area contributed by atoms with Gasteiger partial charge in [-0.2, -0.15) is 11.8 Å². The summed E-state index contributed by atoms with van der Waals surface area (Å²) in [6.07, 6.45) is 0. The maximum Gasteiger partial charge on any atom is 0.234 e. The van der Waals surface area contributed by atoms with Crippen LogP contribution in [0.5, 0.6) is 5.75 Å². The summed E-state index contributed by atoms with van der Waals surface area (Å²) in [5.41, 5.74) is 2.02. The van der Waals surface area contributed by atoms with Crippen LogP contribution in [-0.4, -0.2) is 56.3 Å². The maximum atomic E-state index is 12.4. The minimum Gasteiger partial charge on any atom is -0.486 e. The minimum absolute atomic E-state index is 0.0923. The van der Waals surface area contributed by atoms with Gasteiger partial charge in [0, 0.05) is 41.8 Å². The molecule has 0 bridgehead atoms. The molecule has 3 aromatic rings. The van der Waals surface area contributed by atoms with Gasteiger partial charge in [-0.15, -0.1) is 5.10 Å². The molecule has 0 atom stereocenters. The summed E-state index contributed by atoms with van der Waals surface area (Å²) < 4.78 is 5.65. The Morgan fingerprint density at radius 3 is 2.84 bits per heavy atom. The second-order valence-electron chi connectivity index (χ2n) is 7.23. The van der Waals surface area contributed by atoms with Crippen LogP contribution in [0.4, 0.5) is 5.69 Å². The van der Waals surface area contributed by atoms with Crippen LogP contribution in [0.25, 0.3) is 0 Å².